The van der Waals surface area contributed by atoms with E-state index in [2.05, 4.69) is 29.8 Å². The van der Waals surface area contributed by atoms with E-state index in [1.807, 2.05) is 12.1 Å². The summed E-state index contributed by atoms with van der Waals surface area (Å²) < 4.78 is 11.5. The normalized spacial score (nSPS) is 11.4. The monoisotopic (exact) mass is 287 g/mol. The standard InChI is InChI=1S/C12H18BrNO2/c1-12(2,7-14)8-5-11(16-4)9(13)6-10(8)15-3/h5-6H,7,14H2,1-4H3. The van der Waals surface area contributed by atoms with Crippen molar-refractivity contribution < 1.29 is 9.47 Å². The molecular formula is C12H18BrNO2. The van der Waals surface area contributed by atoms with Gasteiger partial charge in [0.2, 0.25) is 0 Å². The summed E-state index contributed by atoms with van der Waals surface area (Å²) in [6.07, 6.45) is 0. The summed E-state index contributed by atoms with van der Waals surface area (Å²) in [4.78, 5) is 0. The zero-order valence-corrected chi connectivity index (χ0v) is 11.7. The lowest BCUT2D eigenvalue weighted by Crippen LogP contribution is -2.28. The maximum atomic E-state index is 5.78. The van der Waals surface area contributed by atoms with Gasteiger partial charge in [-0.3, -0.25) is 0 Å². The van der Waals surface area contributed by atoms with Gasteiger partial charge in [0.1, 0.15) is 11.5 Å². The highest BCUT2D eigenvalue weighted by molar-refractivity contribution is 9.10. The maximum absolute atomic E-state index is 5.78. The van der Waals surface area contributed by atoms with Crippen molar-refractivity contribution in [2.75, 3.05) is 20.8 Å². The molecular weight excluding hydrogens is 270 g/mol. The van der Waals surface area contributed by atoms with Gasteiger partial charge < -0.3 is 15.2 Å². The maximum Gasteiger partial charge on any atom is 0.133 e. The second-order valence-corrected chi connectivity index (χ2v) is 5.13. The van der Waals surface area contributed by atoms with Crippen molar-refractivity contribution in [2.45, 2.75) is 19.3 Å². The van der Waals surface area contributed by atoms with Crippen molar-refractivity contribution in [1.29, 1.82) is 0 Å². The van der Waals surface area contributed by atoms with Gasteiger partial charge in [-0.15, -0.1) is 0 Å². The first-order chi connectivity index (χ1) is 7.46. The van der Waals surface area contributed by atoms with Crippen molar-refractivity contribution >= 4 is 15.9 Å². The van der Waals surface area contributed by atoms with Crippen molar-refractivity contribution in [2.24, 2.45) is 5.73 Å². The number of hydrogen-bond donors (Lipinski definition) is 1. The molecule has 0 saturated carbocycles. The van der Waals surface area contributed by atoms with Gasteiger partial charge in [-0.1, -0.05) is 13.8 Å². The second kappa shape index (κ2) is 5.06. The van der Waals surface area contributed by atoms with Gasteiger partial charge >= 0.3 is 0 Å². The van der Waals surface area contributed by atoms with Crippen LogP contribution in [0.3, 0.4) is 0 Å². The van der Waals surface area contributed by atoms with Crippen LogP contribution in [0.1, 0.15) is 19.4 Å². The molecule has 0 aliphatic rings. The first-order valence-corrected chi connectivity index (χ1v) is 5.87. The molecule has 4 heteroatoms. The van der Waals surface area contributed by atoms with Crippen molar-refractivity contribution in [3.05, 3.63) is 22.2 Å². The lowest BCUT2D eigenvalue weighted by Gasteiger charge is -2.26. The third-order valence-electron chi connectivity index (χ3n) is 2.71. The van der Waals surface area contributed by atoms with Crippen LogP contribution >= 0.6 is 15.9 Å². The number of hydrogen-bond acceptors (Lipinski definition) is 3. The molecule has 0 aliphatic carbocycles. The first-order valence-electron chi connectivity index (χ1n) is 5.08. The molecule has 1 aromatic rings. The molecule has 0 fully saturated rings. The van der Waals surface area contributed by atoms with E-state index in [0.717, 1.165) is 21.5 Å². The molecule has 90 valence electrons. The summed E-state index contributed by atoms with van der Waals surface area (Å²) in [5.74, 6) is 1.61. The minimum Gasteiger partial charge on any atom is -0.496 e. The number of ether oxygens (including phenoxy) is 2. The number of benzene rings is 1. The fourth-order valence-corrected chi connectivity index (χ4v) is 1.98. The van der Waals surface area contributed by atoms with Crippen LogP contribution < -0.4 is 15.2 Å². The third kappa shape index (κ3) is 2.50. The lowest BCUT2D eigenvalue weighted by atomic mass is 9.84. The molecule has 0 bridgehead atoms. The Labute approximate surface area is 105 Å². The van der Waals surface area contributed by atoms with E-state index < -0.39 is 0 Å². The molecule has 0 amide bonds. The Bertz CT molecular complexity index is 378. The molecule has 1 aromatic carbocycles. The van der Waals surface area contributed by atoms with Gasteiger partial charge in [0.25, 0.3) is 0 Å². The van der Waals surface area contributed by atoms with E-state index in [4.69, 9.17) is 15.2 Å². The van der Waals surface area contributed by atoms with Crippen LogP contribution in [0, 0.1) is 0 Å². The van der Waals surface area contributed by atoms with Gasteiger partial charge in [0.15, 0.2) is 0 Å². The zero-order valence-electron chi connectivity index (χ0n) is 10.1. The van der Waals surface area contributed by atoms with Crippen LogP contribution in [0.5, 0.6) is 11.5 Å². The van der Waals surface area contributed by atoms with Crippen LogP contribution in [0.25, 0.3) is 0 Å². The summed E-state index contributed by atoms with van der Waals surface area (Å²) in [5.41, 5.74) is 6.70. The van der Waals surface area contributed by atoms with Gasteiger partial charge in [0, 0.05) is 17.5 Å². The molecule has 0 heterocycles. The summed E-state index contributed by atoms with van der Waals surface area (Å²) in [7, 11) is 3.30. The largest absolute Gasteiger partial charge is 0.496 e. The highest BCUT2D eigenvalue weighted by atomic mass is 79.9. The highest BCUT2D eigenvalue weighted by Crippen LogP contribution is 2.38. The van der Waals surface area contributed by atoms with E-state index in [0.29, 0.717) is 6.54 Å². The van der Waals surface area contributed by atoms with Gasteiger partial charge in [-0.2, -0.15) is 0 Å². The molecule has 2 N–H and O–H groups in total. The van der Waals surface area contributed by atoms with E-state index in [1.54, 1.807) is 14.2 Å². The molecule has 1 rings (SSSR count). The summed E-state index contributed by atoms with van der Waals surface area (Å²) in [6.45, 7) is 4.71. The Kier molecular flexibility index (Phi) is 4.21. The van der Waals surface area contributed by atoms with Gasteiger partial charge in [-0.25, -0.2) is 0 Å². The molecule has 0 spiro atoms. The lowest BCUT2D eigenvalue weighted by molar-refractivity contribution is 0.383. The van der Waals surface area contributed by atoms with E-state index in [1.165, 1.54) is 0 Å². The van der Waals surface area contributed by atoms with Gasteiger partial charge in [-0.05, 0) is 28.1 Å². The predicted molar refractivity (Wildman–Crippen MR) is 69.3 cm³/mol. The Morgan fingerprint density at radius 1 is 1.19 bits per heavy atom. The highest BCUT2D eigenvalue weighted by Gasteiger charge is 2.24. The molecule has 0 aliphatic heterocycles. The Hall–Kier alpha value is -0.740. The number of halogens is 1. The van der Waals surface area contributed by atoms with Crippen LogP contribution in [-0.2, 0) is 5.41 Å². The van der Waals surface area contributed by atoms with Crippen LogP contribution in [0.15, 0.2) is 16.6 Å². The number of methoxy groups -OCH3 is 2. The minimum atomic E-state index is -0.140. The smallest absolute Gasteiger partial charge is 0.133 e. The first kappa shape index (κ1) is 13.3. The quantitative estimate of drug-likeness (QED) is 0.926. The van der Waals surface area contributed by atoms with Crippen molar-refractivity contribution in [1.82, 2.24) is 0 Å². The molecule has 16 heavy (non-hydrogen) atoms. The Morgan fingerprint density at radius 2 is 1.75 bits per heavy atom. The molecule has 0 saturated heterocycles. The average Bonchev–Trinajstić information content (AvgIpc) is 2.28. The topological polar surface area (TPSA) is 44.5 Å². The summed E-state index contributed by atoms with van der Waals surface area (Å²) >= 11 is 3.43. The Morgan fingerprint density at radius 3 is 2.19 bits per heavy atom. The van der Waals surface area contributed by atoms with Crippen LogP contribution in [0.2, 0.25) is 0 Å². The molecule has 0 unspecified atom stereocenters. The van der Waals surface area contributed by atoms with E-state index in [-0.39, 0.29) is 5.41 Å². The number of nitrogens with two attached hydrogens (primary N) is 1. The zero-order chi connectivity index (χ0) is 12.3. The third-order valence-corrected chi connectivity index (χ3v) is 3.33. The summed E-state index contributed by atoms with van der Waals surface area (Å²) in [6, 6.07) is 3.88. The summed E-state index contributed by atoms with van der Waals surface area (Å²) in [5, 5.41) is 0. The second-order valence-electron chi connectivity index (χ2n) is 4.28. The van der Waals surface area contributed by atoms with Crippen LogP contribution in [0.4, 0.5) is 0 Å². The van der Waals surface area contributed by atoms with Crippen molar-refractivity contribution in [3.8, 4) is 11.5 Å². The minimum absolute atomic E-state index is 0.140. The Balaban J connectivity index is 3.36. The number of rotatable bonds is 4. The molecule has 3 nitrogen and oxygen atoms in total. The predicted octanol–water partition coefficient (Wildman–Crippen LogP) is 2.70. The molecule has 0 aromatic heterocycles. The SMILES string of the molecule is COc1cc(C(C)(C)CN)c(OC)cc1Br. The molecule has 0 radical (unpaired) electrons. The van der Waals surface area contributed by atoms with E-state index >= 15 is 0 Å². The molecule has 0 atom stereocenters. The van der Waals surface area contributed by atoms with E-state index in [9.17, 15) is 0 Å². The fourth-order valence-electron chi connectivity index (χ4n) is 1.50. The van der Waals surface area contributed by atoms with Crippen molar-refractivity contribution in [3.63, 3.8) is 0 Å². The van der Waals surface area contributed by atoms with Crippen LogP contribution in [-0.4, -0.2) is 20.8 Å². The fraction of sp³-hybridized carbons (Fsp3) is 0.500. The average molecular weight is 288 g/mol. The van der Waals surface area contributed by atoms with Gasteiger partial charge in [0.05, 0.1) is 18.7 Å².